The molecule has 1 aromatic carbocycles. The van der Waals surface area contributed by atoms with Gasteiger partial charge in [0.25, 0.3) is 5.91 Å². The Morgan fingerprint density at radius 1 is 1.19 bits per heavy atom. The largest absolute Gasteiger partial charge is 0.497 e. The SMILES string of the molecule is CCN(CC)C(=O)[C@@H]1Cn2ccnc2C2(CCN(C(=O)Cc3ccc(OC)cc3)CC2)O1. The van der Waals surface area contributed by atoms with Crippen molar-refractivity contribution in [2.24, 2.45) is 0 Å². The van der Waals surface area contributed by atoms with E-state index in [0.717, 1.165) is 17.1 Å². The summed E-state index contributed by atoms with van der Waals surface area (Å²) in [6.45, 7) is 6.92. The van der Waals surface area contributed by atoms with E-state index in [9.17, 15) is 9.59 Å². The van der Waals surface area contributed by atoms with Crippen LogP contribution in [0, 0.1) is 0 Å². The number of rotatable bonds is 6. The number of hydrogen-bond acceptors (Lipinski definition) is 5. The number of nitrogens with zero attached hydrogens (tertiary/aromatic N) is 4. The van der Waals surface area contributed by atoms with Crippen LogP contribution in [-0.4, -0.2) is 70.6 Å². The molecule has 0 saturated carbocycles. The van der Waals surface area contributed by atoms with Crippen molar-refractivity contribution in [3.63, 3.8) is 0 Å². The molecule has 2 aliphatic heterocycles. The van der Waals surface area contributed by atoms with Gasteiger partial charge in [0.15, 0.2) is 6.10 Å². The van der Waals surface area contributed by atoms with Gasteiger partial charge in [0, 0.05) is 51.4 Å². The van der Waals surface area contributed by atoms with Gasteiger partial charge in [0.05, 0.1) is 20.1 Å². The van der Waals surface area contributed by atoms with E-state index >= 15 is 0 Å². The third-order valence-corrected chi connectivity index (χ3v) is 6.64. The van der Waals surface area contributed by atoms with Crippen molar-refractivity contribution in [3.05, 3.63) is 48.0 Å². The molecule has 1 atom stereocenters. The van der Waals surface area contributed by atoms with Gasteiger partial charge in [-0.05, 0) is 31.5 Å². The Morgan fingerprint density at radius 3 is 2.50 bits per heavy atom. The second-order valence-electron chi connectivity index (χ2n) is 8.42. The zero-order valence-corrected chi connectivity index (χ0v) is 19.1. The third kappa shape index (κ3) is 4.24. The van der Waals surface area contributed by atoms with Gasteiger partial charge in [-0.3, -0.25) is 9.59 Å². The van der Waals surface area contributed by atoms with Crippen LogP contribution >= 0.6 is 0 Å². The predicted molar refractivity (Wildman–Crippen MR) is 119 cm³/mol. The van der Waals surface area contributed by atoms with E-state index in [-0.39, 0.29) is 11.8 Å². The van der Waals surface area contributed by atoms with Crippen LogP contribution in [0.3, 0.4) is 0 Å². The van der Waals surface area contributed by atoms with Crippen LogP contribution in [0.1, 0.15) is 38.1 Å². The average Bonchev–Trinajstić information content (AvgIpc) is 3.30. The number of carbonyl (C=O) groups excluding carboxylic acids is 2. The first-order chi connectivity index (χ1) is 15.5. The number of methoxy groups -OCH3 is 1. The smallest absolute Gasteiger partial charge is 0.253 e. The highest BCUT2D eigenvalue weighted by Crippen LogP contribution is 2.40. The first-order valence-electron chi connectivity index (χ1n) is 11.4. The van der Waals surface area contributed by atoms with E-state index in [1.807, 2.05) is 58.7 Å². The molecule has 32 heavy (non-hydrogen) atoms. The normalized spacial score (nSPS) is 19.5. The maximum absolute atomic E-state index is 13.0. The van der Waals surface area contributed by atoms with Gasteiger partial charge >= 0.3 is 0 Å². The van der Waals surface area contributed by atoms with Gasteiger partial charge < -0.3 is 23.8 Å². The molecule has 2 aromatic rings. The molecule has 0 unspecified atom stereocenters. The summed E-state index contributed by atoms with van der Waals surface area (Å²) in [5.41, 5.74) is 0.331. The van der Waals surface area contributed by atoms with Crippen LogP contribution in [0.15, 0.2) is 36.7 Å². The van der Waals surface area contributed by atoms with Crippen molar-refractivity contribution < 1.29 is 19.1 Å². The van der Waals surface area contributed by atoms with Crippen molar-refractivity contribution in [2.75, 3.05) is 33.3 Å². The number of imidazole rings is 1. The molecule has 2 aliphatic rings. The van der Waals surface area contributed by atoms with E-state index in [1.54, 1.807) is 13.3 Å². The molecule has 0 bridgehead atoms. The molecule has 0 N–H and O–H groups in total. The second-order valence-corrected chi connectivity index (χ2v) is 8.42. The minimum Gasteiger partial charge on any atom is -0.497 e. The van der Waals surface area contributed by atoms with Crippen molar-refractivity contribution >= 4 is 11.8 Å². The van der Waals surface area contributed by atoms with Crippen LogP contribution < -0.4 is 4.74 Å². The number of likely N-dealkylation sites (tertiary alicyclic amines) is 1. The number of piperidine rings is 1. The lowest BCUT2D eigenvalue weighted by Gasteiger charge is -2.46. The Bertz CT molecular complexity index is 943. The summed E-state index contributed by atoms with van der Waals surface area (Å²) in [7, 11) is 1.63. The van der Waals surface area contributed by atoms with Crippen molar-refractivity contribution in [1.29, 1.82) is 0 Å². The Balaban J connectivity index is 1.45. The number of amides is 2. The predicted octanol–water partition coefficient (Wildman–Crippen LogP) is 2.22. The lowest BCUT2D eigenvalue weighted by Crippen LogP contribution is -2.55. The summed E-state index contributed by atoms with van der Waals surface area (Å²) >= 11 is 0. The fourth-order valence-electron chi connectivity index (χ4n) is 4.75. The summed E-state index contributed by atoms with van der Waals surface area (Å²) in [6.07, 6.45) is 4.77. The van der Waals surface area contributed by atoms with E-state index in [0.29, 0.717) is 52.0 Å². The van der Waals surface area contributed by atoms with Gasteiger partial charge in [0.2, 0.25) is 5.91 Å². The molecular formula is C24H32N4O4. The first-order valence-corrected chi connectivity index (χ1v) is 11.4. The molecule has 8 nitrogen and oxygen atoms in total. The van der Waals surface area contributed by atoms with Crippen molar-refractivity contribution in [3.8, 4) is 5.75 Å². The van der Waals surface area contributed by atoms with Crippen LogP contribution in [0.5, 0.6) is 5.75 Å². The third-order valence-electron chi connectivity index (χ3n) is 6.64. The number of benzene rings is 1. The quantitative estimate of drug-likeness (QED) is 0.688. The summed E-state index contributed by atoms with van der Waals surface area (Å²) in [5.74, 6) is 1.76. The fourth-order valence-corrected chi connectivity index (χ4v) is 4.75. The van der Waals surface area contributed by atoms with Crippen LogP contribution in [0.25, 0.3) is 0 Å². The molecular weight excluding hydrogens is 408 g/mol. The lowest BCUT2D eigenvalue weighted by atomic mass is 9.88. The maximum atomic E-state index is 13.0. The summed E-state index contributed by atoms with van der Waals surface area (Å²) in [5, 5.41) is 0. The molecule has 0 aliphatic carbocycles. The Labute approximate surface area is 189 Å². The van der Waals surface area contributed by atoms with E-state index < -0.39 is 11.7 Å². The van der Waals surface area contributed by atoms with Crippen molar-refractivity contribution in [2.45, 2.75) is 51.4 Å². The molecule has 172 valence electrons. The molecule has 1 aromatic heterocycles. The molecule has 1 fully saturated rings. The van der Waals surface area contributed by atoms with Crippen LogP contribution in [0.4, 0.5) is 0 Å². The minimum absolute atomic E-state index is 0.0201. The van der Waals surface area contributed by atoms with E-state index in [1.165, 1.54) is 0 Å². The maximum Gasteiger partial charge on any atom is 0.253 e. The number of likely N-dealkylation sites (N-methyl/N-ethyl adjacent to an activating group) is 1. The van der Waals surface area contributed by atoms with Gasteiger partial charge in [-0.2, -0.15) is 0 Å². The first kappa shape index (κ1) is 22.3. The highest BCUT2D eigenvalue weighted by atomic mass is 16.5. The monoisotopic (exact) mass is 440 g/mol. The highest BCUT2D eigenvalue weighted by molar-refractivity contribution is 5.81. The summed E-state index contributed by atoms with van der Waals surface area (Å²) in [4.78, 5) is 34.2. The van der Waals surface area contributed by atoms with Crippen molar-refractivity contribution in [1.82, 2.24) is 19.4 Å². The molecule has 1 saturated heterocycles. The number of carbonyl (C=O) groups is 2. The van der Waals surface area contributed by atoms with Gasteiger partial charge in [-0.15, -0.1) is 0 Å². The Hall–Kier alpha value is -2.87. The van der Waals surface area contributed by atoms with Gasteiger partial charge in [0.1, 0.15) is 17.2 Å². The van der Waals surface area contributed by atoms with E-state index in [4.69, 9.17) is 9.47 Å². The number of aromatic nitrogens is 2. The Morgan fingerprint density at radius 2 is 1.88 bits per heavy atom. The molecule has 8 heteroatoms. The lowest BCUT2D eigenvalue weighted by molar-refractivity contribution is -0.182. The van der Waals surface area contributed by atoms with Gasteiger partial charge in [-0.1, -0.05) is 12.1 Å². The topological polar surface area (TPSA) is 76.9 Å². The average molecular weight is 441 g/mol. The molecule has 2 amide bonds. The molecule has 4 rings (SSSR count). The minimum atomic E-state index is -0.633. The number of ether oxygens (including phenoxy) is 2. The standard InChI is InChI=1S/C24H32N4O4/c1-4-26(5-2)22(30)20-17-28-15-12-25-23(28)24(32-20)10-13-27(14-11-24)21(29)16-18-6-8-19(31-3)9-7-18/h6-9,12,15,20H,4-5,10-11,13-14,16-17H2,1-3H3/t20-/m0/s1. The molecule has 1 spiro atoms. The summed E-state index contributed by atoms with van der Waals surface area (Å²) in [6, 6.07) is 7.59. The summed E-state index contributed by atoms with van der Waals surface area (Å²) < 4.78 is 13.7. The fraction of sp³-hybridized carbons (Fsp3) is 0.542. The molecule has 3 heterocycles. The molecule has 0 radical (unpaired) electrons. The van der Waals surface area contributed by atoms with Gasteiger partial charge in [-0.25, -0.2) is 4.98 Å². The number of fused-ring (bicyclic) bond motifs is 2. The van der Waals surface area contributed by atoms with Crippen LogP contribution in [-0.2, 0) is 32.9 Å². The number of hydrogen-bond donors (Lipinski definition) is 0. The van der Waals surface area contributed by atoms with Crippen LogP contribution in [0.2, 0.25) is 0 Å². The van der Waals surface area contributed by atoms with E-state index in [2.05, 4.69) is 4.98 Å². The zero-order chi connectivity index (χ0) is 22.7. The highest BCUT2D eigenvalue weighted by Gasteiger charge is 2.48. The Kier molecular flexibility index (Phi) is 6.50. The zero-order valence-electron chi connectivity index (χ0n) is 19.1. The second kappa shape index (κ2) is 9.32.